The van der Waals surface area contributed by atoms with Gasteiger partial charge in [0.2, 0.25) is 5.12 Å². The Morgan fingerprint density at radius 2 is 0.630 bits per heavy atom. The first kappa shape index (κ1) is 43.9. The highest BCUT2D eigenvalue weighted by Gasteiger charge is 2.99. The zero-order chi connectivity index (χ0) is 38.0. The van der Waals surface area contributed by atoms with Gasteiger partial charge in [-0.15, -0.1) is 0 Å². The van der Waals surface area contributed by atoms with E-state index in [1.165, 1.54) is 0 Å². The number of aliphatic hydroxyl groups is 1. The van der Waals surface area contributed by atoms with Gasteiger partial charge in [-0.2, -0.15) is 110 Å². The van der Waals surface area contributed by atoms with Crippen LogP contribution in [0.5, 0.6) is 0 Å². The van der Waals surface area contributed by atoms with Crippen LogP contribution in [0.1, 0.15) is 12.8 Å². The lowest BCUT2D eigenvalue weighted by Gasteiger charge is -2.45. The Kier molecular flexibility index (Phi) is 11.3. The van der Waals surface area contributed by atoms with E-state index in [4.69, 9.17) is 5.11 Å². The lowest BCUT2D eigenvalue weighted by Crippen LogP contribution is -2.78. The molecule has 0 amide bonds. The monoisotopic (exact) mass is 766 g/mol. The third kappa shape index (κ3) is 5.91. The van der Waals surface area contributed by atoms with E-state index in [1.807, 2.05) is 0 Å². The molecule has 0 aliphatic rings. The summed E-state index contributed by atoms with van der Waals surface area (Å²) in [4.78, 5) is 21.8. The highest BCUT2D eigenvalue weighted by atomic mass is 32.2. The molecule has 0 saturated carbocycles. The van der Waals surface area contributed by atoms with Gasteiger partial charge in [0.05, 0.1) is 0 Å². The maximum absolute atomic E-state index is 13.8. The molecule has 0 atom stereocenters. The molecule has 0 heterocycles. The van der Waals surface area contributed by atoms with Crippen LogP contribution in [0.3, 0.4) is 0 Å². The van der Waals surface area contributed by atoms with E-state index in [0.717, 1.165) is 0 Å². The minimum Gasteiger partial charge on any atom is -0.388 e. The van der Waals surface area contributed by atoms with Crippen LogP contribution in [0.2, 0.25) is 0 Å². The van der Waals surface area contributed by atoms with E-state index in [-0.39, 0.29) is 0 Å². The molecule has 274 valence electrons. The van der Waals surface area contributed by atoms with E-state index < -0.39 is 113 Å². The molecule has 1 N–H and O–H groups in total. The maximum Gasteiger partial charge on any atom is 0.460 e. The molecular formula is C17H7F25O3S. The molecule has 0 aromatic heterocycles. The third-order valence-corrected chi connectivity index (χ3v) is 6.15. The first-order chi connectivity index (χ1) is 19.6. The molecular weight excluding hydrogens is 759 g/mol. The van der Waals surface area contributed by atoms with Gasteiger partial charge in [0, 0.05) is 12.8 Å². The molecule has 0 radical (unpaired) electrons. The number of carbonyl (C=O) groups is 2. The summed E-state index contributed by atoms with van der Waals surface area (Å²) in [5, 5.41) is 4.47. The number of thioether (sulfide) groups is 1. The number of rotatable bonds is 14. The quantitative estimate of drug-likeness (QED) is 0.182. The smallest absolute Gasteiger partial charge is 0.388 e. The Morgan fingerprint density at radius 1 is 0.391 bits per heavy atom. The minimum atomic E-state index is -9.67. The first-order valence-electron chi connectivity index (χ1n) is 10.2. The van der Waals surface area contributed by atoms with Crippen LogP contribution < -0.4 is 0 Å². The summed E-state index contributed by atoms with van der Waals surface area (Å²) in [5.74, 6) is -99.5. The Bertz CT molecular complexity index is 1140. The van der Waals surface area contributed by atoms with Gasteiger partial charge < -0.3 is 5.11 Å². The number of hydrogen-bond acceptors (Lipinski definition) is 4. The predicted octanol–water partition coefficient (Wildman–Crippen LogP) is 8.10. The Morgan fingerprint density at radius 3 is 0.870 bits per heavy atom. The van der Waals surface area contributed by atoms with Gasteiger partial charge in [0.15, 0.2) is 5.12 Å². The number of alkyl halides is 25. The number of aliphatic hydroxyl groups excluding tert-OH is 1. The molecule has 0 spiro atoms. The van der Waals surface area contributed by atoms with Crippen molar-refractivity contribution in [3.8, 4) is 0 Å². The summed E-state index contributed by atoms with van der Waals surface area (Å²) in [6.45, 7) is -1.60. The van der Waals surface area contributed by atoms with Crippen LogP contribution in [-0.2, 0) is 9.59 Å². The highest BCUT2D eigenvalue weighted by Crippen LogP contribution is 2.67. The van der Waals surface area contributed by atoms with Crippen molar-refractivity contribution >= 4 is 22.0 Å². The second-order valence-electron chi connectivity index (χ2n) is 8.45. The predicted molar refractivity (Wildman–Crippen MR) is 94.4 cm³/mol. The van der Waals surface area contributed by atoms with Crippen LogP contribution in [-0.4, -0.2) is 93.3 Å². The van der Waals surface area contributed by atoms with Crippen LogP contribution in [0.15, 0.2) is 0 Å². The summed E-state index contributed by atoms with van der Waals surface area (Å²) in [6.07, 6.45) is -13.8. The summed E-state index contributed by atoms with van der Waals surface area (Å²) >= 11 is -0.856. The molecule has 0 bridgehead atoms. The standard InChI is InChI=1S/C17H7F25O3S/c18-6(19,2-1-4(44)46-5(45)3-43)7(20,21)8(22,23)9(24,25)10(26,27)11(28,29)12(30,31)13(32,33)14(34,35)15(36,37)16(38,39)17(40,41)42/h43H,1-3H2. The molecule has 3 nitrogen and oxygen atoms in total. The van der Waals surface area contributed by atoms with E-state index in [2.05, 4.69) is 0 Å². The fourth-order valence-electron chi connectivity index (χ4n) is 2.61. The SMILES string of the molecule is O=C(CO)SC(=O)CCC(F)(F)C(F)(F)C(F)(F)C(F)(F)C(F)(F)C(F)(F)C(F)(F)C(F)(F)C(F)(F)C(F)(F)C(F)(F)C(F)(F)F. The summed E-state index contributed by atoms with van der Waals surface area (Å²) in [5.41, 5.74) is 0. The van der Waals surface area contributed by atoms with Crippen LogP contribution >= 0.6 is 11.8 Å². The average Bonchev–Trinajstić information content (AvgIpc) is 2.85. The normalized spacial score (nSPS) is 16.1. The van der Waals surface area contributed by atoms with Crippen molar-refractivity contribution in [3.63, 3.8) is 0 Å². The minimum absolute atomic E-state index is 0.856. The molecule has 0 saturated heterocycles. The average molecular weight is 766 g/mol. The Labute approximate surface area is 238 Å². The highest BCUT2D eigenvalue weighted by molar-refractivity contribution is 8.26. The van der Waals surface area contributed by atoms with E-state index in [1.54, 1.807) is 0 Å². The topological polar surface area (TPSA) is 54.4 Å². The largest absolute Gasteiger partial charge is 0.460 e. The van der Waals surface area contributed by atoms with Crippen LogP contribution in [0.4, 0.5) is 110 Å². The van der Waals surface area contributed by atoms with Crippen molar-refractivity contribution in [2.45, 2.75) is 84.2 Å². The Balaban J connectivity index is 7.08. The van der Waals surface area contributed by atoms with E-state index >= 15 is 0 Å². The second-order valence-corrected chi connectivity index (χ2v) is 9.57. The lowest BCUT2D eigenvalue weighted by atomic mass is 9.84. The van der Waals surface area contributed by atoms with Crippen molar-refractivity contribution in [1.82, 2.24) is 0 Å². The fourth-order valence-corrected chi connectivity index (χ4v) is 3.13. The number of halogens is 25. The summed E-state index contributed by atoms with van der Waals surface area (Å²) in [6, 6.07) is 0. The lowest BCUT2D eigenvalue weighted by molar-refractivity contribution is -0.482. The van der Waals surface area contributed by atoms with Crippen LogP contribution in [0.25, 0.3) is 0 Å². The van der Waals surface area contributed by atoms with Gasteiger partial charge in [-0.3, -0.25) is 9.59 Å². The van der Waals surface area contributed by atoms with Gasteiger partial charge in [0.25, 0.3) is 0 Å². The molecule has 29 heteroatoms. The van der Waals surface area contributed by atoms with Gasteiger partial charge in [-0.05, 0) is 11.8 Å². The molecule has 46 heavy (non-hydrogen) atoms. The second kappa shape index (κ2) is 11.8. The van der Waals surface area contributed by atoms with Gasteiger partial charge in [-0.25, -0.2) is 0 Å². The molecule has 0 aromatic rings. The zero-order valence-corrected chi connectivity index (χ0v) is 21.1. The van der Waals surface area contributed by atoms with Crippen molar-refractivity contribution in [2.24, 2.45) is 0 Å². The Hall–Kier alpha value is -2.10. The van der Waals surface area contributed by atoms with Gasteiger partial charge in [0.1, 0.15) is 6.61 Å². The van der Waals surface area contributed by atoms with Crippen LogP contribution in [0, 0.1) is 0 Å². The van der Waals surface area contributed by atoms with Crippen molar-refractivity contribution in [2.75, 3.05) is 6.61 Å². The van der Waals surface area contributed by atoms with E-state index in [9.17, 15) is 119 Å². The van der Waals surface area contributed by atoms with E-state index in [0.29, 0.717) is 0 Å². The molecule has 0 unspecified atom stereocenters. The molecule has 0 rings (SSSR count). The molecule has 0 aliphatic heterocycles. The van der Waals surface area contributed by atoms with Crippen molar-refractivity contribution < 1.29 is 124 Å². The number of carbonyl (C=O) groups excluding carboxylic acids is 2. The summed E-state index contributed by atoms with van der Waals surface area (Å²) < 4.78 is 334. The third-order valence-electron chi connectivity index (χ3n) is 5.36. The first-order valence-corrected chi connectivity index (χ1v) is 11.0. The maximum atomic E-state index is 13.8. The fraction of sp³-hybridized carbons (Fsp3) is 0.882. The van der Waals surface area contributed by atoms with Crippen molar-refractivity contribution in [1.29, 1.82) is 0 Å². The number of hydrogen-bond donors (Lipinski definition) is 1. The van der Waals surface area contributed by atoms with Gasteiger partial charge in [-0.1, -0.05) is 0 Å². The molecule has 0 aromatic carbocycles. The molecule has 0 fully saturated rings. The zero-order valence-electron chi connectivity index (χ0n) is 20.2. The van der Waals surface area contributed by atoms with Gasteiger partial charge >= 0.3 is 71.3 Å². The summed E-state index contributed by atoms with van der Waals surface area (Å²) in [7, 11) is 0. The molecule has 0 aliphatic carbocycles. The van der Waals surface area contributed by atoms with Crippen molar-refractivity contribution in [3.05, 3.63) is 0 Å².